The number of aryl methyl sites for hydroxylation is 2. The van der Waals surface area contributed by atoms with Crippen LogP contribution in [0.25, 0.3) is 11.0 Å². The van der Waals surface area contributed by atoms with Gasteiger partial charge in [-0.2, -0.15) is 18.3 Å². The Kier molecular flexibility index (Phi) is 8.18. The van der Waals surface area contributed by atoms with Gasteiger partial charge >= 0.3 is 12.1 Å². The van der Waals surface area contributed by atoms with Crippen LogP contribution in [0.1, 0.15) is 84.8 Å². The Morgan fingerprint density at radius 2 is 1.57 bits per heavy atom. The number of carboxylic acid groups (broad SMARTS) is 1. The predicted octanol–water partition coefficient (Wildman–Crippen LogP) is 7.14. The fourth-order valence-corrected chi connectivity index (χ4v) is 5.88. The van der Waals surface area contributed by atoms with E-state index < -0.39 is 17.7 Å². The lowest BCUT2D eigenvalue weighted by atomic mass is 10.1. The molecule has 1 N–H and O–H groups in total. The number of aromatic nitrogens is 5. The molecule has 0 spiro atoms. The molecule has 9 nitrogen and oxygen atoms in total. The van der Waals surface area contributed by atoms with Crippen LogP contribution in [0.5, 0.6) is 0 Å². The number of hydrogen-bond donors (Lipinski definition) is 1. The topological polar surface area (TPSA) is 100 Å². The molecule has 2 fully saturated rings. The van der Waals surface area contributed by atoms with E-state index in [0.717, 1.165) is 53.3 Å². The van der Waals surface area contributed by atoms with Gasteiger partial charge in [0.25, 0.3) is 0 Å². The van der Waals surface area contributed by atoms with Crippen LogP contribution in [-0.2, 0) is 24.8 Å². The zero-order valence-electron chi connectivity index (χ0n) is 26.9. The number of carboxylic acids is 1. The van der Waals surface area contributed by atoms with Crippen molar-refractivity contribution in [3.05, 3.63) is 70.2 Å². The number of pyridine rings is 1. The quantitative estimate of drug-likeness (QED) is 0.186. The maximum absolute atomic E-state index is 13.8. The number of hydrogen-bond acceptors (Lipinski definition) is 7. The Hall–Kier alpha value is -4.22. The van der Waals surface area contributed by atoms with Crippen LogP contribution in [-0.4, -0.2) is 48.9 Å². The van der Waals surface area contributed by atoms with Crippen molar-refractivity contribution in [2.75, 3.05) is 22.9 Å². The van der Waals surface area contributed by atoms with Crippen molar-refractivity contribution in [2.24, 2.45) is 11.8 Å². The van der Waals surface area contributed by atoms with Crippen molar-refractivity contribution in [2.45, 2.75) is 85.1 Å². The SMILES string of the molecule is Cc1cc(CN(Cc2cc3c(C)nn(C(C)(C)C)c3nc2N(CC2CC2)CC2CC2)c2ncc(C(=O)O)cn2)cc(C(F)(F)F)c1. The van der Waals surface area contributed by atoms with E-state index in [9.17, 15) is 23.1 Å². The van der Waals surface area contributed by atoms with E-state index in [1.54, 1.807) is 17.9 Å². The maximum atomic E-state index is 13.8. The third-order valence-corrected chi connectivity index (χ3v) is 8.55. The third kappa shape index (κ3) is 7.10. The highest BCUT2D eigenvalue weighted by Gasteiger charge is 2.33. The first-order valence-electron chi connectivity index (χ1n) is 15.8. The molecule has 2 saturated carbocycles. The number of anilines is 2. The normalized spacial score (nSPS) is 15.4. The largest absolute Gasteiger partial charge is 0.478 e. The molecular formula is C34H40F3N7O2. The molecule has 2 aliphatic carbocycles. The molecule has 3 heterocycles. The van der Waals surface area contributed by atoms with Crippen molar-refractivity contribution in [3.63, 3.8) is 0 Å². The summed E-state index contributed by atoms with van der Waals surface area (Å²) in [5, 5.41) is 15.2. The minimum atomic E-state index is -4.50. The Labute approximate surface area is 266 Å². The number of fused-ring (bicyclic) bond motifs is 1. The highest BCUT2D eigenvalue weighted by molar-refractivity contribution is 5.87. The van der Waals surface area contributed by atoms with Gasteiger partial charge in [0.05, 0.1) is 22.4 Å². The summed E-state index contributed by atoms with van der Waals surface area (Å²) in [6.07, 6.45) is 2.68. The molecule has 6 rings (SSSR count). The first kappa shape index (κ1) is 31.7. The second-order valence-electron chi connectivity index (χ2n) is 13.9. The van der Waals surface area contributed by atoms with Gasteiger partial charge in [0.2, 0.25) is 5.95 Å². The van der Waals surface area contributed by atoms with Gasteiger partial charge in [-0.3, -0.25) is 0 Å². The van der Waals surface area contributed by atoms with Crippen LogP contribution in [0.15, 0.2) is 36.7 Å². The molecule has 0 aliphatic heterocycles. The third-order valence-electron chi connectivity index (χ3n) is 8.55. The standard InChI is InChI=1S/C34H40F3N7O2/c1-20-10-24(12-27(11-20)34(35,36)37)18-43(32-38-14-26(15-39-32)31(45)46)19-25-13-28-21(2)41-44(33(3,4)5)30(28)40-29(25)42(16-22-6-7-22)17-23-8-9-23/h10-15,22-23H,6-9,16-19H2,1-5H3,(H,45,46). The number of carbonyl (C=O) groups is 1. The number of halogens is 3. The van der Waals surface area contributed by atoms with Crippen LogP contribution >= 0.6 is 0 Å². The summed E-state index contributed by atoms with van der Waals surface area (Å²) in [6.45, 7) is 12.0. The highest BCUT2D eigenvalue weighted by atomic mass is 19.4. The maximum Gasteiger partial charge on any atom is 0.416 e. The van der Waals surface area contributed by atoms with Crippen molar-refractivity contribution < 1.29 is 23.1 Å². The average Bonchev–Trinajstić information content (AvgIpc) is 3.91. The van der Waals surface area contributed by atoms with Gasteiger partial charge in [-0.1, -0.05) is 11.6 Å². The number of benzene rings is 1. The number of alkyl halides is 3. The molecule has 3 aromatic heterocycles. The molecular weight excluding hydrogens is 595 g/mol. The number of rotatable bonds is 11. The molecule has 46 heavy (non-hydrogen) atoms. The highest BCUT2D eigenvalue weighted by Crippen LogP contribution is 2.38. The van der Waals surface area contributed by atoms with Gasteiger partial charge in [-0.05, 0) is 95.9 Å². The van der Waals surface area contributed by atoms with E-state index >= 15 is 0 Å². The Bertz CT molecular complexity index is 1740. The van der Waals surface area contributed by atoms with Gasteiger partial charge in [-0.25, -0.2) is 24.4 Å². The Morgan fingerprint density at radius 3 is 2.11 bits per heavy atom. The first-order chi connectivity index (χ1) is 21.7. The van der Waals surface area contributed by atoms with Crippen molar-refractivity contribution in [1.29, 1.82) is 0 Å². The van der Waals surface area contributed by atoms with Crippen molar-refractivity contribution in [3.8, 4) is 0 Å². The smallest absolute Gasteiger partial charge is 0.416 e. The second-order valence-corrected chi connectivity index (χ2v) is 13.9. The molecule has 0 bridgehead atoms. The zero-order chi connectivity index (χ0) is 33.0. The van der Waals surface area contributed by atoms with E-state index in [0.29, 0.717) is 23.0 Å². The van der Waals surface area contributed by atoms with E-state index in [4.69, 9.17) is 10.1 Å². The minimum Gasteiger partial charge on any atom is -0.478 e. The second kappa shape index (κ2) is 11.9. The van der Waals surface area contributed by atoms with Crippen molar-refractivity contribution in [1.82, 2.24) is 24.7 Å². The molecule has 4 aromatic rings. The molecule has 0 atom stereocenters. The van der Waals surface area contributed by atoms with Gasteiger partial charge in [0, 0.05) is 49.5 Å². The predicted molar refractivity (Wildman–Crippen MR) is 170 cm³/mol. The monoisotopic (exact) mass is 635 g/mol. The lowest BCUT2D eigenvalue weighted by molar-refractivity contribution is -0.137. The molecule has 0 saturated heterocycles. The summed E-state index contributed by atoms with van der Waals surface area (Å²) in [7, 11) is 0. The number of aromatic carboxylic acids is 1. The zero-order valence-corrected chi connectivity index (χ0v) is 26.9. The molecule has 244 valence electrons. The van der Waals surface area contributed by atoms with Crippen LogP contribution in [0.4, 0.5) is 24.9 Å². The summed E-state index contributed by atoms with van der Waals surface area (Å²) in [5.41, 5.74) is 2.35. The molecule has 0 unspecified atom stereocenters. The molecule has 1 aromatic carbocycles. The van der Waals surface area contributed by atoms with Gasteiger partial charge < -0.3 is 14.9 Å². The first-order valence-corrected chi connectivity index (χ1v) is 15.8. The van der Waals surface area contributed by atoms with E-state index in [2.05, 4.69) is 41.7 Å². The van der Waals surface area contributed by atoms with Crippen LogP contribution in [0.3, 0.4) is 0 Å². The van der Waals surface area contributed by atoms with Crippen LogP contribution < -0.4 is 9.80 Å². The molecule has 0 radical (unpaired) electrons. The summed E-state index contributed by atoms with van der Waals surface area (Å²) >= 11 is 0. The van der Waals surface area contributed by atoms with Gasteiger partial charge in [0.1, 0.15) is 5.82 Å². The van der Waals surface area contributed by atoms with Crippen LogP contribution in [0.2, 0.25) is 0 Å². The molecule has 2 aliphatic rings. The summed E-state index contributed by atoms with van der Waals surface area (Å²) in [4.78, 5) is 29.7. The average molecular weight is 636 g/mol. The van der Waals surface area contributed by atoms with Gasteiger partial charge in [-0.15, -0.1) is 0 Å². The Morgan fingerprint density at radius 1 is 0.935 bits per heavy atom. The molecule has 0 amide bonds. The van der Waals surface area contributed by atoms with E-state index in [1.807, 2.05) is 11.6 Å². The lowest BCUT2D eigenvalue weighted by Crippen LogP contribution is -2.32. The fraction of sp³-hybridized carbons (Fsp3) is 0.500. The van der Waals surface area contributed by atoms with Crippen LogP contribution in [0, 0.1) is 25.7 Å². The van der Waals surface area contributed by atoms with E-state index in [1.165, 1.54) is 38.1 Å². The van der Waals surface area contributed by atoms with Crippen molar-refractivity contribution >= 4 is 28.8 Å². The van der Waals surface area contributed by atoms with E-state index in [-0.39, 0.29) is 30.1 Å². The molecule has 12 heteroatoms. The van der Waals surface area contributed by atoms with Gasteiger partial charge in [0.15, 0.2) is 5.65 Å². The minimum absolute atomic E-state index is 0.0696. The summed E-state index contributed by atoms with van der Waals surface area (Å²) in [5.74, 6) is 1.10. The lowest BCUT2D eigenvalue weighted by Gasteiger charge is -2.30. The Balaban J connectivity index is 1.48. The summed E-state index contributed by atoms with van der Waals surface area (Å²) in [6, 6.07) is 6.11. The number of nitrogens with zero attached hydrogens (tertiary/aromatic N) is 7. The summed E-state index contributed by atoms with van der Waals surface area (Å²) < 4.78 is 43.3. The fourth-order valence-electron chi connectivity index (χ4n) is 5.88.